The molecule has 0 aliphatic carbocycles. The molecule has 1 aromatic heterocycles. The van der Waals surface area contributed by atoms with Gasteiger partial charge >= 0.3 is 5.82 Å². The Kier molecular flexibility index (Phi) is 3.29. The molecule has 1 rings (SSSR count). The Morgan fingerprint density at radius 2 is 2.21 bits per heavy atom. The molecule has 4 nitrogen and oxygen atoms in total. The van der Waals surface area contributed by atoms with E-state index in [1.165, 1.54) is 13.1 Å². The van der Waals surface area contributed by atoms with E-state index in [4.69, 9.17) is 0 Å². The number of hydrogen-bond donors (Lipinski definition) is 0. The summed E-state index contributed by atoms with van der Waals surface area (Å²) < 4.78 is 25.5. The highest BCUT2D eigenvalue weighted by Crippen LogP contribution is 2.31. The Morgan fingerprint density at radius 3 is 2.64 bits per heavy atom. The van der Waals surface area contributed by atoms with Crippen molar-refractivity contribution in [1.82, 2.24) is 4.98 Å². The summed E-state index contributed by atoms with van der Waals surface area (Å²) in [6, 6.07) is 0. The first-order valence-corrected chi connectivity index (χ1v) is 4.60. The number of aromatic nitrogens is 1. The van der Waals surface area contributed by atoms with Gasteiger partial charge in [0.05, 0.1) is 3.57 Å². The Hall–Kier alpha value is -0.860. The predicted octanol–water partition coefficient (Wildman–Crippen LogP) is 2.84. The van der Waals surface area contributed by atoms with Crippen molar-refractivity contribution in [3.63, 3.8) is 0 Å². The monoisotopic (exact) mass is 314 g/mol. The highest BCUT2D eigenvalue weighted by atomic mass is 127. The summed E-state index contributed by atoms with van der Waals surface area (Å²) in [5, 5.41) is 10.4. The van der Waals surface area contributed by atoms with Crippen LogP contribution in [0.15, 0.2) is 6.20 Å². The summed E-state index contributed by atoms with van der Waals surface area (Å²) in [5.74, 6) is -0.766. The largest absolute Gasteiger partial charge is 0.372 e. The number of nitro groups is 1. The minimum absolute atomic E-state index is 0.210. The van der Waals surface area contributed by atoms with Gasteiger partial charge in [0, 0.05) is 0 Å². The normalized spacial score (nSPS) is 10.6. The maximum absolute atomic E-state index is 12.5. The van der Waals surface area contributed by atoms with Crippen LogP contribution in [0.1, 0.15) is 17.6 Å². The van der Waals surface area contributed by atoms with Gasteiger partial charge in [-0.2, -0.15) is 0 Å². The van der Waals surface area contributed by atoms with Crippen LogP contribution in [0.4, 0.5) is 14.6 Å². The van der Waals surface area contributed by atoms with Crippen LogP contribution in [0.3, 0.4) is 0 Å². The van der Waals surface area contributed by atoms with Gasteiger partial charge in [0.1, 0.15) is 5.56 Å². The lowest BCUT2D eigenvalue weighted by molar-refractivity contribution is -0.391. The Morgan fingerprint density at radius 1 is 1.64 bits per heavy atom. The average Bonchev–Trinajstić information content (AvgIpc) is 2.08. The Balaban J connectivity index is 3.45. The van der Waals surface area contributed by atoms with E-state index in [-0.39, 0.29) is 5.56 Å². The summed E-state index contributed by atoms with van der Waals surface area (Å²) in [6.07, 6.45) is -1.67. The molecule has 0 radical (unpaired) electrons. The SMILES string of the molecule is Cc1c(I)cnc([N+](=O)[O-])c1C(F)F. The molecular weight excluding hydrogens is 309 g/mol. The van der Waals surface area contributed by atoms with Crippen LogP contribution in [-0.4, -0.2) is 9.91 Å². The summed E-state index contributed by atoms with van der Waals surface area (Å²) >= 11 is 1.80. The standard InChI is InChI=1S/C7H5F2IN2O2/c1-3-4(10)2-11-7(12(13)14)5(3)6(8)9/h2,6H,1H3. The highest BCUT2D eigenvalue weighted by molar-refractivity contribution is 14.1. The first-order chi connectivity index (χ1) is 6.45. The number of halogens is 3. The van der Waals surface area contributed by atoms with Crippen LogP contribution in [0.2, 0.25) is 0 Å². The van der Waals surface area contributed by atoms with E-state index in [9.17, 15) is 18.9 Å². The molecule has 76 valence electrons. The number of alkyl halides is 2. The maximum Gasteiger partial charge on any atom is 0.372 e. The Labute approximate surface area is 91.6 Å². The molecule has 0 spiro atoms. The van der Waals surface area contributed by atoms with Gasteiger partial charge in [-0.15, -0.1) is 0 Å². The second-order valence-corrected chi connectivity index (χ2v) is 3.69. The van der Waals surface area contributed by atoms with Crippen molar-refractivity contribution in [2.75, 3.05) is 0 Å². The lowest BCUT2D eigenvalue weighted by Gasteiger charge is -2.05. The molecule has 0 fully saturated rings. The van der Waals surface area contributed by atoms with Crippen molar-refractivity contribution in [3.8, 4) is 0 Å². The van der Waals surface area contributed by atoms with Crippen LogP contribution < -0.4 is 0 Å². The van der Waals surface area contributed by atoms with Gasteiger partial charge in [-0.3, -0.25) is 0 Å². The van der Waals surface area contributed by atoms with Gasteiger partial charge in [0.15, 0.2) is 6.20 Å². The van der Waals surface area contributed by atoms with Gasteiger partial charge in [-0.25, -0.2) is 8.78 Å². The van der Waals surface area contributed by atoms with E-state index >= 15 is 0 Å². The topological polar surface area (TPSA) is 56.0 Å². The maximum atomic E-state index is 12.5. The fraction of sp³-hybridized carbons (Fsp3) is 0.286. The molecule has 0 aliphatic rings. The van der Waals surface area contributed by atoms with E-state index in [1.807, 2.05) is 0 Å². The van der Waals surface area contributed by atoms with Crippen LogP contribution in [0.5, 0.6) is 0 Å². The lowest BCUT2D eigenvalue weighted by atomic mass is 10.1. The van der Waals surface area contributed by atoms with Crippen molar-refractivity contribution in [2.24, 2.45) is 0 Å². The average molecular weight is 314 g/mol. The van der Waals surface area contributed by atoms with Crippen LogP contribution in [-0.2, 0) is 0 Å². The van der Waals surface area contributed by atoms with E-state index in [2.05, 4.69) is 4.98 Å². The summed E-state index contributed by atoms with van der Waals surface area (Å²) in [7, 11) is 0. The van der Waals surface area contributed by atoms with Crippen molar-refractivity contribution in [2.45, 2.75) is 13.3 Å². The molecule has 0 aromatic carbocycles. The van der Waals surface area contributed by atoms with Crippen molar-refractivity contribution in [1.29, 1.82) is 0 Å². The fourth-order valence-corrected chi connectivity index (χ4v) is 1.42. The smallest absolute Gasteiger partial charge is 0.358 e. The third-order valence-electron chi connectivity index (χ3n) is 1.69. The van der Waals surface area contributed by atoms with Crippen molar-refractivity contribution >= 4 is 28.4 Å². The minimum Gasteiger partial charge on any atom is -0.358 e. The molecule has 0 atom stereocenters. The minimum atomic E-state index is -2.88. The predicted molar refractivity (Wildman–Crippen MR) is 53.3 cm³/mol. The molecule has 0 saturated carbocycles. The summed E-state index contributed by atoms with van der Waals surface area (Å²) in [4.78, 5) is 12.9. The molecule has 0 amide bonds. The molecule has 1 aromatic rings. The van der Waals surface area contributed by atoms with Gasteiger partial charge in [-0.1, -0.05) is 0 Å². The molecule has 0 saturated heterocycles. The van der Waals surface area contributed by atoms with Crippen molar-refractivity contribution in [3.05, 3.63) is 31.0 Å². The fourth-order valence-electron chi connectivity index (χ4n) is 0.987. The zero-order chi connectivity index (χ0) is 10.9. The number of pyridine rings is 1. The first kappa shape index (κ1) is 11.2. The zero-order valence-electron chi connectivity index (χ0n) is 7.00. The highest BCUT2D eigenvalue weighted by Gasteiger charge is 2.26. The quantitative estimate of drug-likeness (QED) is 0.479. The number of nitrogens with zero attached hydrogens (tertiary/aromatic N) is 2. The zero-order valence-corrected chi connectivity index (χ0v) is 9.16. The van der Waals surface area contributed by atoms with E-state index in [0.717, 1.165) is 0 Å². The lowest BCUT2D eigenvalue weighted by Crippen LogP contribution is -2.03. The molecule has 0 aliphatic heterocycles. The summed E-state index contributed by atoms with van der Waals surface area (Å²) in [5.41, 5.74) is -0.385. The van der Waals surface area contributed by atoms with Crippen molar-refractivity contribution < 1.29 is 13.7 Å². The molecule has 14 heavy (non-hydrogen) atoms. The molecule has 7 heteroatoms. The van der Waals surface area contributed by atoms with Gasteiger partial charge in [-0.05, 0) is 45.0 Å². The van der Waals surface area contributed by atoms with Gasteiger partial charge < -0.3 is 10.1 Å². The second-order valence-electron chi connectivity index (χ2n) is 2.53. The molecular formula is C7H5F2IN2O2. The molecule has 0 bridgehead atoms. The third kappa shape index (κ3) is 1.97. The van der Waals surface area contributed by atoms with E-state index in [1.54, 1.807) is 22.6 Å². The van der Waals surface area contributed by atoms with Gasteiger partial charge in [0.25, 0.3) is 6.43 Å². The number of rotatable bonds is 2. The first-order valence-electron chi connectivity index (χ1n) is 3.52. The third-order valence-corrected chi connectivity index (χ3v) is 2.78. The van der Waals surface area contributed by atoms with Gasteiger partial charge in [0.2, 0.25) is 0 Å². The van der Waals surface area contributed by atoms with E-state index < -0.39 is 22.7 Å². The van der Waals surface area contributed by atoms with Crippen LogP contribution in [0, 0.1) is 20.6 Å². The number of hydrogen-bond acceptors (Lipinski definition) is 3. The van der Waals surface area contributed by atoms with E-state index in [0.29, 0.717) is 3.57 Å². The molecule has 0 N–H and O–H groups in total. The van der Waals surface area contributed by atoms with Crippen LogP contribution in [0.25, 0.3) is 0 Å². The second kappa shape index (κ2) is 4.11. The summed E-state index contributed by atoms with van der Waals surface area (Å²) in [6.45, 7) is 1.41. The Bertz CT molecular complexity index is 384. The molecule has 1 heterocycles. The van der Waals surface area contributed by atoms with Crippen LogP contribution >= 0.6 is 22.6 Å². The molecule has 0 unspecified atom stereocenters.